The van der Waals surface area contributed by atoms with Crippen LogP contribution in [-0.2, 0) is 11.2 Å². The smallest absolute Gasteiger partial charge is 0.317 e. The van der Waals surface area contributed by atoms with Gasteiger partial charge in [-0.15, -0.1) is 0 Å². The van der Waals surface area contributed by atoms with Crippen molar-refractivity contribution in [3.63, 3.8) is 0 Å². The fourth-order valence-corrected chi connectivity index (χ4v) is 4.49. The Morgan fingerprint density at radius 1 is 1.30 bits per heavy atom. The van der Waals surface area contributed by atoms with Crippen molar-refractivity contribution < 1.29 is 9.53 Å². The fraction of sp³-hybridized carbons (Fsp3) is 0.611. The fourth-order valence-electron chi connectivity index (χ4n) is 4.30. The largest absolute Gasteiger partial charge is 0.381 e. The molecule has 0 bridgehead atoms. The number of aryl methyl sites for hydroxylation is 1. The maximum absolute atomic E-state index is 12.7. The van der Waals surface area contributed by atoms with E-state index >= 15 is 0 Å². The molecule has 124 valence electrons. The van der Waals surface area contributed by atoms with Gasteiger partial charge in [-0.1, -0.05) is 17.7 Å². The van der Waals surface area contributed by atoms with Gasteiger partial charge in [0.25, 0.3) is 0 Å². The molecule has 2 aliphatic heterocycles. The number of urea groups is 1. The maximum Gasteiger partial charge on any atom is 0.317 e. The summed E-state index contributed by atoms with van der Waals surface area (Å²) < 4.78 is 5.48. The Morgan fingerprint density at radius 3 is 2.96 bits per heavy atom. The zero-order valence-electron chi connectivity index (χ0n) is 13.3. The van der Waals surface area contributed by atoms with E-state index in [-0.39, 0.29) is 12.1 Å². The van der Waals surface area contributed by atoms with E-state index in [1.165, 1.54) is 11.1 Å². The van der Waals surface area contributed by atoms with E-state index in [0.717, 1.165) is 63.4 Å². The van der Waals surface area contributed by atoms with Gasteiger partial charge in [0, 0.05) is 31.3 Å². The first-order chi connectivity index (χ1) is 11.2. The number of rotatable bonds is 1. The number of benzene rings is 1. The summed E-state index contributed by atoms with van der Waals surface area (Å²) in [5.74, 6) is 0. The molecule has 2 amide bonds. The quantitative estimate of drug-likeness (QED) is 0.853. The van der Waals surface area contributed by atoms with E-state index in [4.69, 9.17) is 16.3 Å². The summed E-state index contributed by atoms with van der Waals surface area (Å²) in [6.45, 7) is 3.42. The molecular weight excluding hydrogens is 312 g/mol. The van der Waals surface area contributed by atoms with Crippen LogP contribution in [0.15, 0.2) is 18.2 Å². The van der Waals surface area contributed by atoms with Crippen molar-refractivity contribution in [2.45, 2.75) is 38.1 Å². The first kappa shape index (κ1) is 15.3. The third kappa shape index (κ3) is 2.94. The van der Waals surface area contributed by atoms with Crippen molar-refractivity contribution in [3.8, 4) is 0 Å². The number of halogens is 1. The number of amides is 2. The molecule has 4 rings (SSSR count). The zero-order chi connectivity index (χ0) is 15.9. The number of nitrogens with zero attached hydrogens (tertiary/aromatic N) is 1. The molecule has 2 heterocycles. The second kappa shape index (κ2) is 5.99. The van der Waals surface area contributed by atoms with Gasteiger partial charge in [0.05, 0.1) is 6.04 Å². The molecular formula is C18H23ClN2O2. The molecule has 2 saturated heterocycles. The average Bonchev–Trinajstić information content (AvgIpc) is 3.13. The highest BCUT2D eigenvalue weighted by molar-refractivity contribution is 6.30. The van der Waals surface area contributed by atoms with Crippen molar-refractivity contribution in [3.05, 3.63) is 34.3 Å². The van der Waals surface area contributed by atoms with Gasteiger partial charge in [-0.05, 0) is 60.8 Å². The Kier molecular flexibility index (Phi) is 3.98. The standard InChI is InChI=1S/C18H23ClN2O2/c19-14-2-3-15-13(11-14)1-4-16(15)20-17(22)21-8-5-18(12-21)6-9-23-10-7-18/h2-3,11,16H,1,4-10,12H2,(H,20,22)/t16-/m0/s1. The van der Waals surface area contributed by atoms with Crippen LogP contribution in [0.1, 0.15) is 42.9 Å². The van der Waals surface area contributed by atoms with Crippen molar-refractivity contribution in [1.82, 2.24) is 10.2 Å². The second-order valence-corrected chi connectivity index (χ2v) is 7.60. The minimum Gasteiger partial charge on any atom is -0.381 e. The molecule has 0 unspecified atom stereocenters. The summed E-state index contributed by atoms with van der Waals surface area (Å²) in [4.78, 5) is 14.7. The zero-order valence-corrected chi connectivity index (χ0v) is 14.1. The van der Waals surface area contributed by atoms with E-state index in [1.54, 1.807) is 0 Å². The summed E-state index contributed by atoms with van der Waals surface area (Å²) in [7, 11) is 0. The normalized spacial score (nSPS) is 25.6. The van der Waals surface area contributed by atoms with Gasteiger partial charge in [-0.25, -0.2) is 4.79 Å². The molecule has 0 saturated carbocycles. The Labute approximate surface area is 142 Å². The highest BCUT2D eigenvalue weighted by atomic mass is 35.5. The summed E-state index contributed by atoms with van der Waals surface area (Å²) in [5, 5.41) is 4.01. The lowest BCUT2D eigenvalue weighted by atomic mass is 9.80. The highest BCUT2D eigenvalue weighted by Crippen LogP contribution is 2.40. The second-order valence-electron chi connectivity index (χ2n) is 7.17. The van der Waals surface area contributed by atoms with Gasteiger partial charge in [-0.3, -0.25) is 0 Å². The summed E-state index contributed by atoms with van der Waals surface area (Å²) >= 11 is 6.06. The van der Waals surface area contributed by atoms with E-state index < -0.39 is 0 Å². The van der Waals surface area contributed by atoms with Gasteiger partial charge in [0.15, 0.2) is 0 Å². The van der Waals surface area contributed by atoms with E-state index in [2.05, 4.69) is 11.4 Å². The van der Waals surface area contributed by atoms with E-state index in [1.807, 2.05) is 17.0 Å². The Hall–Kier alpha value is -1.26. The van der Waals surface area contributed by atoms with Crippen molar-refractivity contribution in [2.24, 2.45) is 5.41 Å². The molecule has 23 heavy (non-hydrogen) atoms. The number of carbonyl (C=O) groups is 1. The number of carbonyl (C=O) groups excluding carboxylic acids is 1. The van der Waals surface area contributed by atoms with Crippen molar-refractivity contribution in [1.29, 1.82) is 0 Å². The Bertz CT molecular complexity index is 613. The first-order valence-corrected chi connectivity index (χ1v) is 8.95. The molecule has 1 aromatic carbocycles. The Morgan fingerprint density at radius 2 is 2.13 bits per heavy atom. The predicted octanol–water partition coefficient (Wildman–Crippen LogP) is 3.54. The molecule has 5 heteroatoms. The molecule has 3 aliphatic rings. The van der Waals surface area contributed by atoms with E-state index in [9.17, 15) is 4.79 Å². The predicted molar refractivity (Wildman–Crippen MR) is 89.7 cm³/mol. The van der Waals surface area contributed by atoms with Crippen molar-refractivity contribution >= 4 is 17.6 Å². The Balaban J connectivity index is 1.40. The molecule has 1 aliphatic carbocycles. The maximum atomic E-state index is 12.7. The van der Waals surface area contributed by atoms with Crippen LogP contribution in [0.4, 0.5) is 4.79 Å². The lowest BCUT2D eigenvalue weighted by molar-refractivity contribution is 0.0208. The van der Waals surface area contributed by atoms with Gasteiger partial charge in [0.2, 0.25) is 0 Å². The lowest BCUT2D eigenvalue weighted by Crippen LogP contribution is -2.42. The number of likely N-dealkylation sites (tertiary alicyclic amines) is 1. The first-order valence-electron chi connectivity index (χ1n) is 8.57. The molecule has 2 fully saturated rings. The van der Waals surface area contributed by atoms with Gasteiger partial charge >= 0.3 is 6.03 Å². The number of ether oxygens (including phenoxy) is 1. The van der Waals surface area contributed by atoms with Crippen LogP contribution < -0.4 is 5.32 Å². The minimum absolute atomic E-state index is 0.0844. The molecule has 1 atom stereocenters. The summed E-state index contributed by atoms with van der Waals surface area (Å²) in [6.07, 6.45) is 5.24. The summed E-state index contributed by atoms with van der Waals surface area (Å²) in [5.41, 5.74) is 2.80. The number of hydrogen-bond acceptors (Lipinski definition) is 2. The molecule has 0 aromatic heterocycles. The van der Waals surface area contributed by atoms with Gasteiger partial charge < -0.3 is 15.0 Å². The third-order valence-corrected chi connectivity index (χ3v) is 5.99. The number of hydrogen-bond donors (Lipinski definition) is 1. The van der Waals surface area contributed by atoms with Crippen LogP contribution in [0, 0.1) is 5.41 Å². The van der Waals surface area contributed by atoms with Crippen LogP contribution in [0.2, 0.25) is 5.02 Å². The number of fused-ring (bicyclic) bond motifs is 1. The summed E-state index contributed by atoms with van der Waals surface area (Å²) in [6, 6.07) is 6.20. The van der Waals surface area contributed by atoms with Crippen LogP contribution in [0.3, 0.4) is 0 Å². The third-order valence-electron chi connectivity index (χ3n) is 5.76. The molecule has 4 nitrogen and oxygen atoms in total. The van der Waals surface area contributed by atoms with Gasteiger partial charge in [-0.2, -0.15) is 0 Å². The van der Waals surface area contributed by atoms with E-state index in [0.29, 0.717) is 5.41 Å². The van der Waals surface area contributed by atoms with Crippen molar-refractivity contribution in [2.75, 3.05) is 26.3 Å². The average molecular weight is 335 g/mol. The molecule has 0 radical (unpaired) electrons. The molecule has 1 aromatic rings. The van der Waals surface area contributed by atoms with Crippen LogP contribution in [0.5, 0.6) is 0 Å². The number of nitrogens with one attached hydrogen (secondary N) is 1. The molecule has 1 N–H and O–H groups in total. The SMILES string of the molecule is O=C(N[C@H]1CCc2cc(Cl)ccc21)N1CCC2(CCOCC2)C1. The van der Waals surface area contributed by atoms with Crippen LogP contribution >= 0.6 is 11.6 Å². The lowest BCUT2D eigenvalue weighted by Gasteiger charge is -2.33. The van der Waals surface area contributed by atoms with Crippen LogP contribution in [0.25, 0.3) is 0 Å². The topological polar surface area (TPSA) is 41.6 Å². The van der Waals surface area contributed by atoms with Crippen LogP contribution in [-0.4, -0.2) is 37.2 Å². The molecule has 1 spiro atoms. The highest BCUT2D eigenvalue weighted by Gasteiger charge is 2.41. The van der Waals surface area contributed by atoms with Gasteiger partial charge in [0.1, 0.15) is 0 Å². The minimum atomic E-state index is 0.0844. The monoisotopic (exact) mass is 334 g/mol.